The van der Waals surface area contributed by atoms with E-state index in [-0.39, 0.29) is 10.8 Å². The van der Waals surface area contributed by atoms with Crippen molar-refractivity contribution >= 4 is 17.2 Å². The monoisotopic (exact) mass is 236 g/mol. The minimum absolute atomic E-state index is 0.217. The molecule has 0 amide bonds. The van der Waals surface area contributed by atoms with Gasteiger partial charge in [-0.2, -0.15) is 0 Å². The minimum atomic E-state index is -0.366. The Kier molecular flexibility index (Phi) is 2.91. The van der Waals surface area contributed by atoms with Gasteiger partial charge >= 0.3 is 0 Å². The van der Waals surface area contributed by atoms with Crippen molar-refractivity contribution in [3.8, 4) is 0 Å². The van der Waals surface area contributed by atoms with Crippen LogP contribution in [0.15, 0.2) is 30.9 Å². The van der Waals surface area contributed by atoms with Gasteiger partial charge in [-0.15, -0.1) is 0 Å². The van der Waals surface area contributed by atoms with Gasteiger partial charge in [0.25, 0.3) is 0 Å². The Morgan fingerprint density at radius 3 is 3.00 bits per heavy atom. The maximum Gasteiger partial charge on any atom is 0.167 e. The fourth-order valence-electron chi connectivity index (χ4n) is 1.40. The zero-order valence-electron chi connectivity index (χ0n) is 8.30. The highest BCUT2D eigenvalue weighted by Crippen LogP contribution is 2.06. The van der Waals surface area contributed by atoms with Crippen LogP contribution in [0, 0.1) is 5.82 Å². The first kappa shape index (κ1) is 10.7. The number of hydrogen-bond donors (Lipinski definition) is 1. The molecule has 2 rings (SSSR count). The smallest absolute Gasteiger partial charge is 0.167 e. The molecule has 0 spiro atoms. The molecule has 6 heteroatoms. The van der Waals surface area contributed by atoms with Crippen molar-refractivity contribution in [2.45, 2.75) is 6.54 Å². The Labute approximate surface area is 96.9 Å². The van der Waals surface area contributed by atoms with E-state index in [2.05, 4.69) is 9.97 Å². The molecule has 0 radical (unpaired) electrons. The molecular formula is C10H9FN4S. The van der Waals surface area contributed by atoms with Crippen molar-refractivity contribution in [1.82, 2.24) is 14.5 Å². The zero-order valence-corrected chi connectivity index (χ0v) is 9.12. The summed E-state index contributed by atoms with van der Waals surface area (Å²) >= 11 is 4.85. The lowest BCUT2D eigenvalue weighted by molar-refractivity contribution is 0.616. The Balaban J connectivity index is 2.27. The third-order valence-corrected chi connectivity index (χ3v) is 2.23. The summed E-state index contributed by atoms with van der Waals surface area (Å²) in [7, 11) is 0. The molecule has 0 atom stereocenters. The highest BCUT2D eigenvalue weighted by molar-refractivity contribution is 7.80. The van der Waals surface area contributed by atoms with Crippen LogP contribution >= 0.6 is 12.2 Å². The molecule has 0 fully saturated rings. The number of thiocarbonyl (C=S) groups is 1. The van der Waals surface area contributed by atoms with Gasteiger partial charge < -0.3 is 10.3 Å². The summed E-state index contributed by atoms with van der Waals surface area (Å²) in [5, 5.41) is 0. The fourth-order valence-corrected chi connectivity index (χ4v) is 1.57. The quantitative estimate of drug-likeness (QED) is 0.811. The lowest BCUT2D eigenvalue weighted by Crippen LogP contribution is -2.17. The number of imidazole rings is 1. The molecule has 82 valence electrons. The van der Waals surface area contributed by atoms with E-state index in [0.29, 0.717) is 12.4 Å². The van der Waals surface area contributed by atoms with Crippen molar-refractivity contribution < 1.29 is 4.39 Å². The molecule has 0 aromatic carbocycles. The van der Waals surface area contributed by atoms with Gasteiger partial charge in [-0.05, 0) is 11.6 Å². The average molecular weight is 236 g/mol. The Morgan fingerprint density at radius 2 is 2.31 bits per heavy atom. The zero-order chi connectivity index (χ0) is 11.5. The van der Waals surface area contributed by atoms with Crippen LogP contribution in [0.25, 0.3) is 0 Å². The standard InChI is InChI=1S/C10H9FN4S/c11-8-3-7(4-13-5-8)6-15-2-1-14-10(15)9(12)16/h1-5H,6H2,(H2,12,16). The number of pyridine rings is 1. The second-order valence-corrected chi connectivity index (χ2v) is 3.69. The summed E-state index contributed by atoms with van der Waals surface area (Å²) in [5.74, 6) is 0.147. The van der Waals surface area contributed by atoms with Crippen LogP contribution in [-0.2, 0) is 6.54 Å². The normalized spacial score (nSPS) is 10.3. The van der Waals surface area contributed by atoms with Crippen LogP contribution in [0.2, 0.25) is 0 Å². The molecule has 2 N–H and O–H groups in total. The SMILES string of the molecule is NC(=S)c1nccn1Cc1cncc(F)c1. The third kappa shape index (κ3) is 2.22. The molecular weight excluding hydrogens is 227 g/mol. The van der Waals surface area contributed by atoms with Gasteiger partial charge in [0, 0.05) is 18.6 Å². The lowest BCUT2D eigenvalue weighted by Gasteiger charge is -2.06. The number of nitrogens with two attached hydrogens (primary N) is 1. The third-order valence-electron chi connectivity index (χ3n) is 2.05. The van der Waals surface area contributed by atoms with Gasteiger partial charge in [0.15, 0.2) is 5.82 Å². The van der Waals surface area contributed by atoms with Crippen LogP contribution < -0.4 is 5.73 Å². The van der Waals surface area contributed by atoms with Crippen LogP contribution in [0.4, 0.5) is 4.39 Å². The Hall–Kier alpha value is -1.82. The lowest BCUT2D eigenvalue weighted by atomic mass is 10.3. The van der Waals surface area contributed by atoms with Gasteiger partial charge in [0.2, 0.25) is 0 Å². The minimum Gasteiger partial charge on any atom is -0.387 e. The molecule has 0 aliphatic carbocycles. The van der Waals surface area contributed by atoms with Crippen LogP contribution in [-0.4, -0.2) is 19.5 Å². The topological polar surface area (TPSA) is 56.7 Å². The number of hydrogen-bond acceptors (Lipinski definition) is 3. The highest BCUT2D eigenvalue weighted by atomic mass is 32.1. The van der Waals surface area contributed by atoms with E-state index in [0.717, 1.165) is 11.8 Å². The van der Waals surface area contributed by atoms with Crippen LogP contribution in [0.1, 0.15) is 11.4 Å². The first-order chi connectivity index (χ1) is 7.66. The summed E-state index contributed by atoms with van der Waals surface area (Å²) in [6.07, 6.45) is 6.08. The van der Waals surface area contributed by atoms with E-state index < -0.39 is 0 Å². The van der Waals surface area contributed by atoms with Crippen molar-refractivity contribution in [1.29, 1.82) is 0 Å². The van der Waals surface area contributed by atoms with E-state index in [1.54, 1.807) is 23.2 Å². The van der Waals surface area contributed by atoms with Crippen molar-refractivity contribution in [2.24, 2.45) is 5.73 Å². The summed E-state index contributed by atoms with van der Waals surface area (Å²) in [6, 6.07) is 1.41. The summed E-state index contributed by atoms with van der Waals surface area (Å²) in [5.41, 5.74) is 6.23. The Morgan fingerprint density at radius 1 is 1.50 bits per heavy atom. The molecule has 0 saturated carbocycles. The number of nitrogens with zero attached hydrogens (tertiary/aromatic N) is 3. The summed E-state index contributed by atoms with van der Waals surface area (Å²) in [6.45, 7) is 0.442. The molecule has 0 bridgehead atoms. The molecule has 0 aliphatic heterocycles. The van der Waals surface area contributed by atoms with E-state index in [1.807, 2.05) is 0 Å². The maximum absolute atomic E-state index is 12.9. The van der Waals surface area contributed by atoms with Gasteiger partial charge in [0.1, 0.15) is 10.8 Å². The number of halogens is 1. The average Bonchev–Trinajstić information content (AvgIpc) is 2.66. The fraction of sp³-hybridized carbons (Fsp3) is 0.100. The molecule has 0 saturated heterocycles. The molecule has 2 heterocycles. The van der Waals surface area contributed by atoms with Crippen molar-refractivity contribution in [2.75, 3.05) is 0 Å². The van der Waals surface area contributed by atoms with E-state index in [1.165, 1.54) is 6.07 Å². The maximum atomic E-state index is 12.9. The van der Waals surface area contributed by atoms with Crippen molar-refractivity contribution in [3.05, 3.63) is 48.1 Å². The first-order valence-electron chi connectivity index (χ1n) is 4.57. The van der Waals surface area contributed by atoms with Crippen molar-refractivity contribution in [3.63, 3.8) is 0 Å². The Bertz CT molecular complexity index is 523. The second-order valence-electron chi connectivity index (χ2n) is 3.25. The van der Waals surface area contributed by atoms with E-state index in [4.69, 9.17) is 18.0 Å². The van der Waals surface area contributed by atoms with Crippen LogP contribution in [0.5, 0.6) is 0 Å². The van der Waals surface area contributed by atoms with Gasteiger partial charge in [0.05, 0.1) is 12.7 Å². The molecule has 4 nitrogen and oxygen atoms in total. The van der Waals surface area contributed by atoms with Gasteiger partial charge in [-0.25, -0.2) is 9.37 Å². The van der Waals surface area contributed by atoms with E-state index >= 15 is 0 Å². The van der Waals surface area contributed by atoms with Crippen LogP contribution in [0.3, 0.4) is 0 Å². The predicted octanol–water partition coefficient (Wildman–Crippen LogP) is 1.10. The summed E-state index contributed by atoms with van der Waals surface area (Å²) < 4.78 is 14.7. The molecule has 2 aromatic heterocycles. The highest BCUT2D eigenvalue weighted by Gasteiger charge is 2.06. The van der Waals surface area contributed by atoms with Gasteiger partial charge in [-0.1, -0.05) is 12.2 Å². The first-order valence-corrected chi connectivity index (χ1v) is 4.98. The molecule has 16 heavy (non-hydrogen) atoms. The number of aromatic nitrogens is 3. The van der Waals surface area contributed by atoms with Gasteiger partial charge in [-0.3, -0.25) is 4.98 Å². The summed E-state index contributed by atoms with van der Waals surface area (Å²) in [4.78, 5) is 8.00. The van der Waals surface area contributed by atoms with E-state index in [9.17, 15) is 4.39 Å². The molecule has 2 aromatic rings. The molecule has 0 aliphatic rings. The predicted molar refractivity (Wildman–Crippen MR) is 61.4 cm³/mol. The second kappa shape index (κ2) is 4.36. The molecule has 0 unspecified atom stereocenters. The largest absolute Gasteiger partial charge is 0.387 e. The number of rotatable bonds is 3.